The highest BCUT2D eigenvalue weighted by Crippen LogP contribution is 2.28. The quantitative estimate of drug-likeness (QED) is 0.778. The van der Waals surface area contributed by atoms with Crippen LogP contribution in [0.4, 0.5) is 4.39 Å². The highest BCUT2D eigenvalue weighted by Gasteiger charge is 2.14. The Morgan fingerprint density at radius 3 is 2.90 bits per heavy atom. The summed E-state index contributed by atoms with van der Waals surface area (Å²) >= 11 is 0. The molecule has 0 bridgehead atoms. The lowest BCUT2D eigenvalue weighted by molar-refractivity contribution is -0.123. The van der Waals surface area contributed by atoms with Gasteiger partial charge in [0.2, 0.25) is 0 Å². The molecule has 110 valence electrons. The maximum Gasteiger partial charge on any atom is 0.257 e. The van der Waals surface area contributed by atoms with Gasteiger partial charge in [0.25, 0.3) is 5.91 Å². The number of nitrogens with one attached hydrogen (secondary N) is 1. The van der Waals surface area contributed by atoms with Crippen molar-refractivity contribution in [2.24, 2.45) is 5.92 Å². The number of ether oxygens (including phenoxy) is 1. The molecule has 1 aliphatic rings. The molecule has 0 atom stereocenters. The van der Waals surface area contributed by atoms with Crippen LogP contribution in [0.25, 0.3) is 0 Å². The van der Waals surface area contributed by atoms with Gasteiger partial charge in [-0.2, -0.15) is 0 Å². The first kappa shape index (κ1) is 14.8. The predicted octanol–water partition coefficient (Wildman–Crippen LogP) is 3.29. The number of hydrogen-bond acceptors (Lipinski definition) is 2. The third-order valence-corrected chi connectivity index (χ3v) is 3.75. The number of rotatable bonds is 7. The first-order chi connectivity index (χ1) is 9.74. The molecule has 1 aliphatic carbocycles. The van der Waals surface area contributed by atoms with E-state index in [2.05, 4.69) is 5.32 Å². The van der Waals surface area contributed by atoms with E-state index in [9.17, 15) is 9.18 Å². The molecule has 0 spiro atoms. The van der Waals surface area contributed by atoms with Crippen LogP contribution in [0.5, 0.6) is 5.75 Å². The average molecular weight is 279 g/mol. The van der Waals surface area contributed by atoms with Gasteiger partial charge in [0, 0.05) is 12.6 Å². The first-order valence-corrected chi connectivity index (χ1v) is 7.39. The van der Waals surface area contributed by atoms with E-state index >= 15 is 0 Å². The zero-order valence-electron chi connectivity index (χ0n) is 11.7. The van der Waals surface area contributed by atoms with Crippen LogP contribution in [0.1, 0.15) is 38.5 Å². The van der Waals surface area contributed by atoms with Gasteiger partial charge in [0.1, 0.15) is 11.6 Å². The van der Waals surface area contributed by atoms with Crippen LogP contribution in [0, 0.1) is 11.7 Å². The maximum absolute atomic E-state index is 12.9. The summed E-state index contributed by atoms with van der Waals surface area (Å²) in [4.78, 5) is 11.6. The smallest absolute Gasteiger partial charge is 0.257 e. The highest BCUT2D eigenvalue weighted by atomic mass is 19.1. The maximum atomic E-state index is 12.9. The van der Waals surface area contributed by atoms with Crippen molar-refractivity contribution in [2.75, 3.05) is 13.2 Å². The molecule has 1 saturated carbocycles. The van der Waals surface area contributed by atoms with Gasteiger partial charge >= 0.3 is 0 Å². The van der Waals surface area contributed by atoms with Gasteiger partial charge < -0.3 is 10.1 Å². The number of amides is 1. The standard InChI is InChI=1S/C16H22FNO2/c17-14-8-3-9-15(11-14)20-12-16(19)18-10-4-7-13-5-1-2-6-13/h3,8-9,11,13H,1-2,4-7,10,12H2,(H,18,19). The lowest BCUT2D eigenvalue weighted by Crippen LogP contribution is -2.29. The normalized spacial score (nSPS) is 15.2. The number of hydrogen-bond donors (Lipinski definition) is 1. The zero-order chi connectivity index (χ0) is 14.2. The summed E-state index contributed by atoms with van der Waals surface area (Å²) in [7, 11) is 0. The van der Waals surface area contributed by atoms with E-state index in [-0.39, 0.29) is 18.3 Å². The van der Waals surface area contributed by atoms with E-state index < -0.39 is 0 Å². The summed E-state index contributed by atoms with van der Waals surface area (Å²) in [6.45, 7) is 0.634. The second-order valence-electron chi connectivity index (χ2n) is 5.39. The van der Waals surface area contributed by atoms with Crippen LogP contribution in [0.15, 0.2) is 24.3 Å². The molecule has 1 fully saturated rings. The largest absolute Gasteiger partial charge is 0.484 e. The molecule has 0 aromatic heterocycles. The molecule has 0 heterocycles. The van der Waals surface area contributed by atoms with Crippen molar-refractivity contribution in [2.45, 2.75) is 38.5 Å². The van der Waals surface area contributed by atoms with Crippen molar-refractivity contribution in [3.05, 3.63) is 30.1 Å². The van der Waals surface area contributed by atoms with Crippen molar-refractivity contribution >= 4 is 5.91 Å². The van der Waals surface area contributed by atoms with Gasteiger partial charge in [-0.15, -0.1) is 0 Å². The summed E-state index contributed by atoms with van der Waals surface area (Å²) < 4.78 is 18.1. The van der Waals surface area contributed by atoms with Gasteiger partial charge in [0.05, 0.1) is 0 Å². The molecule has 1 amide bonds. The summed E-state index contributed by atoms with van der Waals surface area (Å²) in [5, 5.41) is 2.83. The molecular weight excluding hydrogens is 257 g/mol. The molecule has 1 aromatic rings. The number of carbonyl (C=O) groups excluding carboxylic acids is 1. The number of halogens is 1. The van der Waals surface area contributed by atoms with Crippen LogP contribution >= 0.6 is 0 Å². The van der Waals surface area contributed by atoms with E-state index in [4.69, 9.17) is 4.74 Å². The molecule has 2 rings (SSSR count). The van der Waals surface area contributed by atoms with Crippen LogP contribution in [-0.2, 0) is 4.79 Å². The van der Waals surface area contributed by atoms with Gasteiger partial charge in [-0.1, -0.05) is 31.7 Å². The third-order valence-electron chi connectivity index (χ3n) is 3.75. The van der Waals surface area contributed by atoms with Gasteiger partial charge in [-0.25, -0.2) is 4.39 Å². The fraction of sp³-hybridized carbons (Fsp3) is 0.562. The Kier molecular flexibility index (Phi) is 5.84. The molecular formula is C16H22FNO2. The minimum absolute atomic E-state index is 0.0626. The molecule has 0 unspecified atom stereocenters. The Morgan fingerprint density at radius 2 is 2.15 bits per heavy atom. The third kappa shape index (κ3) is 5.19. The van der Waals surface area contributed by atoms with Crippen molar-refractivity contribution in [1.29, 1.82) is 0 Å². The van der Waals surface area contributed by atoms with E-state index in [1.54, 1.807) is 12.1 Å². The minimum Gasteiger partial charge on any atom is -0.484 e. The van der Waals surface area contributed by atoms with Crippen molar-refractivity contribution in [3.63, 3.8) is 0 Å². The van der Waals surface area contributed by atoms with E-state index in [0.29, 0.717) is 12.3 Å². The summed E-state index contributed by atoms with van der Waals surface area (Å²) in [5.74, 6) is 0.724. The van der Waals surface area contributed by atoms with Crippen molar-refractivity contribution in [3.8, 4) is 5.75 Å². The number of carbonyl (C=O) groups is 1. The fourth-order valence-corrected chi connectivity index (χ4v) is 2.67. The highest BCUT2D eigenvalue weighted by molar-refractivity contribution is 5.77. The summed E-state index contributed by atoms with van der Waals surface area (Å²) in [6.07, 6.45) is 7.63. The monoisotopic (exact) mass is 279 g/mol. The summed E-state index contributed by atoms with van der Waals surface area (Å²) in [6, 6.07) is 5.81. The van der Waals surface area contributed by atoms with E-state index in [1.807, 2.05) is 0 Å². The Hall–Kier alpha value is -1.58. The molecule has 3 nitrogen and oxygen atoms in total. The molecule has 1 N–H and O–H groups in total. The van der Waals surface area contributed by atoms with Crippen LogP contribution in [0.3, 0.4) is 0 Å². The molecule has 4 heteroatoms. The number of benzene rings is 1. The zero-order valence-corrected chi connectivity index (χ0v) is 11.7. The van der Waals surface area contributed by atoms with E-state index in [1.165, 1.54) is 44.2 Å². The molecule has 0 radical (unpaired) electrons. The van der Waals surface area contributed by atoms with Crippen molar-refractivity contribution in [1.82, 2.24) is 5.32 Å². The van der Waals surface area contributed by atoms with Crippen LogP contribution < -0.4 is 10.1 Å². The first-order valence-electron chi connectivity index (χ1n) is 7.39. The SMILES string of the molecule is O=C(COc1cccc(F)c1)NCCCC1CCCC1. The van der Waals surface area contributed by atoms with Crippen LogP contribution in [-0.4, -0.2) is 19.1 Å². The van der Waals surface area contributed by atoms with Gasteiger partial charge in [0.15, 0.2) is 6.61 Å². The van der Waals surface area contributed by atoms with Gasteiger partial charge in [-0.3, -0.25) is 4.79 Å². The summed E-state index contributed by atoms with van der Waals surface area (Å²) in [5.41, 5.74) is 0. The fourth-order valence-electron chi connectivity index (χ4n) is 2.67. The Bertz CT molecular complexity index is 430. The lowest BCUT2D eigenvalue weighted by atomic mass is 10.0. The second-order valence-corrected chi connectivity index (χ2v) is 5.39. The Labute approximate surface area is 119 Å². The Balaban J connectivity index is 1.56. The minimum atomic E-state index is -0.362. The molecule has 20 heavy (non-hydrogen) atoms. The predicted molar refractivity (Wildman–Crippen MR) is 76.1 cm³/mol. The molecule has 0 saturated heterocycles. The molecule has 0 aliphatic heterocycles. The average Bonchev–Trinajstić information content (AvgIpc) is 2.95. The van der Waals surface area contributed by atoms with Crippen LogP contribution in [0.2, 0.25) is 0 Å². The topological polar surface area (TPSA) is 38.3 Å². The van der Waals surface area contributed by atoms with Crippen molar-refractivity contribution < 1.29 is 13.9 Å². The van der Waals surface area contributed by atoms with E-state index in [0.717, 1.165) is 12.3 Å². The molecule has 1 aromatic carbocycles. The lowest BCUT2D eigenvalue weighted by Gasteiger charge is -2.10. The van der Waals surface area contributed by atoms with Gasteiger partial charge in [-0.05, 0) is 30.9 Å². The second kappa shape index (κ2) is 7.88. The Morgan fingerprint density at radius 1 is 1.35 bits per heavy atom.